The lowest BCUT2D eigenvalue weighted by Gasteiger charge is -2.27. The molecular weight excluding hydrogens is 372 g/mol. The zero-order chi connectivity index (χ0) is 21.3. The third kappa shape index (κ3) is 6.95. The average molecular weight is 400 g/mol. The summed E-state index contributed by atoms with van der Waals surface area (Å²) in [5.41, 5.74) is 0. The fraction of sp³-hybridized carbons (Fsp3) is 0.684. The van der Waals surface area contributed by atoms with Gasteiger partial charge >= 0.3 is 23.9 Å². The summed E-state index contributed by atoms with van der Waals surface area (Å²) in [5, 5.41) is 0. The summed E-state index contributed by atoms with van der Waals surface area (Å²) in [5.74, 6) is -2.41. The molecule has 4 atom stereocenters. The van der Waals surface area contributed by atoms with Crippen LogP contribution in [0.4, 0.5) is 0 Å². The Hall–Kier alpha value is -2.42. The van der Waals surface area contributed by atoms with Crippen molar-refractivity contribution in [2.75, 3.05) is 0 Å². The lowest BCUT2D eigenvalue weighted by Crippen LogP contribution is -2.41. The molecule has 9 heteroatoms. The maximum atomic E-state index is 11.9. The van der Waals surface area contributed by atoms with Crippen molar-refractivity contribution in [2.45, 2.75) is 84.9 Å². The van der Waals surface area contributed by atoms with E-state index in [4.69, 9.17) is 23.7 Å². The predicted molar refractivity (Wildman–Crippen MR) is 95.5 cm³/mol. The van der Waals surface area contributed by atoms with Gasteiger partial charge < -0.3 is 23.7 Å². The lowest BCUT2D eigenvalue weighted by atomic mass is 10.2. The Morgan fingerprint density at radius 2 is 1.32 bits per heavy atom. The maximum absolute atomic E-state index is 11.9. The molecule has 158 valence electrons. The molecule has 0 saturated heterocycles. The molecule has 1 aliphatic rings. The molecule has 28 heavy (non-hydrogen) atoms. The van der Waals surface area contributed by atoms with Gasteiger partial charge in [0.15, 0.2) is 5.76 Å². The molecule has 0 amide bonds. The van der Waals surface area contributed by atoms with Gasteiger partial charge in [0.2, 0.25) is 12.4 Å². The number of hydrogen-bond donors (Lipinski definition) is 0. The van der Waals surface area contributed by atoms with Crippen molar-refractivity contribution in [2.24, 2.45) is 0 Å². The van der Waals surface area contributed by atoms with Gasteiger partial charge in [-0.05, 0) is 6.92 Å². The Bertz CT molecular complexity index is 611. The van der Waals surface area contributed by atoms with E-state index < -0.39 is 48.5 Å². The number of esters is 4. The van der Waals surface area contributed by atoms with Gasteiger partial charge in [-0.2, -0.15) is 0 Å². The van der Waals surface area contributed by atoms with E-state index in [-0.39, 0.29) is 31.4 Å². The molecule has 0 radical (unpaired) electrons. The van der Waals surface area contributed by atoms with Crippen LogP contribution in [-0.4, -0.2) is 48.5 Å². The van der Waals surface area contributed by atoms with Gasteiger partial charge in [-0.1, -0.05) is 27.7 Å². The Morgan fingerprint density at radius 3 is 1.86 bits per heavy atom. The largest absolute Gasteiger partial charge is 0.455 e. The van der Waals surface area contributed by atoms with Crippen LogP contribution in [0.25, 0.3) is 0 Å². The van der Waals surface area contributed by atoms with Gasteiger partial charge in [0.25, 0.3) is 0 Å². The smallest absolute Gasteiger partial charge is 0.310 e. The maximum Gasteiger partial charge on any atom is 0.310 e. The first-order valence-corrected chi connectivity index (χ1v) is 9.41. The van der Waals surface area contributed by atoms with Gasteiger partial charge in [0, 0.05) is 31.8 Å². The summed E-state index contributed by atoms with van der Waals surface area (Å²) in [7, 11) is 0. The van der Waals surface area contributed by atoms with E-state index in [1.807, 2.05) is 0 Å². The zero-order valence-electron chi connectivity index (χ0n) is 16.9. The molecule has 0 N–H and O–H groups in total. The van der Waals surface area contributed by atoms with Crippen molar-refractivity contribution in [1.82, 2.24) is 0 Å². The highest BCUT2D eigenvalue weighted by atomic mass is 16.7. The zero-order valence-corrected chi connectivity index (χ0v) is 16.9. The second kappa shape index (κ2) is 11.4. The first-order valence-electron chi connectivity index (χ1n) is 9.41. The van der Waals surface area contributed by atoms with Crippen molar-refractivity contribution in [3.63, 3.8) is 0 Å². The number of rotatable bonds is 8. The minimum Gasteiger partial charge on any atom is -0.455 e. The second-order valence-electron chi connectivity index (χ2n) is 6.02. The van der Waals surface area contributed by atoms with E-state index in [0.29, 0.717) is 0 Å². The molecule has 0 bridgehead atoms. The Labute approximate surface area is 164 Å². The average Bonchev–Trinajstić information content (AvgIpc) is 2.79. The third-order valence-corrected chi connectivity index (χ3v) is 3.83. The van der Waals surface area contributed by atoms with Crippen LogP contribution in [0.15, 0.2) is 11.8 Å². The van der Waals surface area contributed by atoms with Gasteiger partial charge in [0.05, 0.1) is 6.10 Å². The highest BCUT2D eigenvalue weighted by Gasteiger charge is 2.41. The molecule has 0 spiro atoms. The summed E-state index contributed by atoms with van der Waals surface area (Å²) in [6, 6.07) is 0. The molecule has 0 aliphatic carbocycles. The Kier molecular flexibility index (Phi) is 9.64. The summed E-state index contributed by atoms with van der Waals surface area (Å²) < 4.78 is 26.9. The standard InChI is InChI=1S/C19H28O9/c1-6-14(20)25-12-10-13(26-15(21)7-2)18(27-16(22)8-3)19(24-11(12)5)28-17(23)9-4/h10-12,18-19H,6-9H2,1-5H3/t11-,12-,18-,19?/m0/s1. The van der Waals surface area contributed by atoms with E-state index >= 15 is 0 Å². The summed E-state index contributed by atoms with van der Waals surface area (Å²) in [4.78, 5) is 47.4. The van der Waals surface area contributed by atoms with Crippen molar-refractivity contribution < 1.29 is 42.9 Å². The van der Waals surface area contributed by atoms with E-state index in [1.54, 1.807) is 34.6 Å². The topological polar surface area (TPSA) is 114 Å². The Morgan fingerprint density at radius 1 is 0.821 bits per heavy atom. The van der Waals surface area contributed by atoms with Crippen molar-refractivity contribution in [3.8, 4) is 0 Å². The molecule has 0 fully saturated rings. The van der Waals surface area contributed by atoms with E-state index in [9.17, 15) is 19.2 Å². The van der Waals surface area contributed by atoms with Crippen LogP contribution < -0.4 is 0 Å². The van der Waals surface area contributed by atoms with Crippen LogP contribution in [0.2, 0.25) is 0 Å². The molecule has 1 rings (SSSR count). The monoisotopic (exact) mass is 400 g/mol. The second-order valence-corrected chi connectivity index (χ2v) is 6.02. The molecule has 0 aromatic heterocycles. The molecule has 1 heterocycles. The summed E-state index contributed by atoms with van der Waals surface area (Å²) in [6.45, 7) is 8.00. The SMILES string of the molecule is CCC(=O)OC1=C[C@H](OC(=O)CC)[C@H](C)OC(OC(=O)CC)[C@H]1OC(=O)CC. The fourth-order valence-corrected chi connectivity index (χ4v) is 2.19. The molecule has 1 unspecified atom stereocenters. The van der Waals surface area contributed by atoms with Crippen LogP contribution in [0.1, 0.15) is 60.3 Å². The van der Waals surface area contributed by atoms with Crippen LogP contribution in [0, 0.1) is 0 Å². The van der Waals surface area contributed by atoms with Crippen molar-refractivity contribution >= 4 is 23.9 Å². The van der Waals surface area contributed by atoms with Crippen LogP contribution >= 0.6 is 0 Å². The minimum atomic E-state index is -1.36. The fourth-order valence-electron chi connectivity index (χ4n) is 2.19. The third-order valence-electron chi connectivity index (χ3n) is 3.83. The predicted octanol–water partition coefficient (Wildman–Crippen LogP) is 2.17. The Balaban J connectivity index is 3.33. The lowest BCUT2D eigenvalue weighted by molar-refractivity contribution is -0.226. The first-order chi connectivity index (χ1) is 13.2. The number of carbonyl (C=O) groups is 4. The van der Waals surface area contributed by atoms with E-state index in [0.717, 1.165) is 0 Å². The molecule has 1 aliphatic heterocycles. The van der Waals surface area contributed by atoms with Gasteiger partial charge in [-0.3, -0.25) is 19.2 Å². The van der Waals surface area contributed by atoms with E-state index in [2.05, 4.69) is 0 Å². The van der Waals surface area contributed by atoms with Gasteiger partial charge in [0.1, 0.15) is 6.10 Å². The highest BCUT2D eigenvalue weighted by molar-refractivity contribution is 5.72. The highest BCUT2D eigenvalue weighted by Crippen LogP contribution is 2.27. The van der Waals surface area contributed by atoms with Crippen LogP contribution in [0.5, 0.6) is 0 Å². The number of ether oxygens (including phenoxy) is 5. The van der Waals surface area contributed by atoms with Gasteiger partial charge in [-0.15, -0.1) is 0 Å². The summed E-state index contributed by atoms with van der Waals surface area (Å²) in [6.07, 6.45) is -2.73. The molecule has 9 nitrogen and oxygen atoms in total. The molecular formula is C19H28O9. The quantitative estimate of drug-likeness (QED) is 0.446. The van der Waals surface area contributed by atoms with Crippen LogP contribution in [-0.2, 0) is 42.9 Å². The van der Waals surface area contributed by atoms with Crippen molar-refractivity contribution in [1.29, 1.82) is 0 Å². The molecule has 0 saturated carbocycles. The van der Waals surface area contributed by atoms with Crippen LogP contribution in [0.3, 0.4) is 0 Å². The van der Waals surface area contributed by atoms with Crippen molar-refractivity contribution in [3.05, 3.63) is 11.8 Å². The number of hydrogen-bond acceptors (Lipinski definition) is 9. The normalized spacial score (nSPS) is 24.4. The first kappa shape index (κ1) is 23.6. The van der Waals surface area contributed by atoms with E-state index in [1.165, 1.54) is 6.08 Å². The minimum absolute atomic E-state index is 0.0454. The molecule has 0 aromatic rings. The number of carbonyl (C=O) groups excluding carboxylic acids is 4. The summed E-state index contributed by atoms with van der Waals surface area (Å²) >= 11 is 0. The molecule has 0 aromatic carbocycles. The van der Waals surface area contributed by atoms with Gasteiger partial charge in [-0.25, -0.2) is 0 Å².